The number of aromatic amines is 1. The fourth-order valence-corrected chi connectivity index (χ4v) is 3.69. The Kier molecular flexibility index (Phi) is 3.67. The summed E-state index contributed by atoms with van der Waals surface area (Å²) in [7, 11) is 0. The lowest BCUT2D eigenvalue weighted by Crippen LogP contribution is -2.14. The summed E-state index contributed by atoms with van der Waals surface area (Å²) in [6, 6.07) is 7.73. The van der Waals surface area contributed by atoms with Crippen LogP contribution in [-0.2, 0) is 0 Å². The fourth-order valence-electron chi connectivity index (χ4n) is 2.72. The maximum Gasteiger partial charge on any atom is 0.285 e. The Morgan fingerprint density at radius 1 is 1.21 bits per heavy atom. The molecule has 1 N–H and O–H groups in total. The fraction of sp³-hybridized carbons (Fsp3) is 0.357. The molecule has 3 nitrogen and oxygen atoms in total. The molecular formula is C14H14Br2N2O. The zero-order chi connectivity index (χ0) is 13.4. The van der Waals surface area contributed by atoms with E-state index in [9.17, 15) is 4.79 Å². The molecule has 1 aliphatic rings. The Balaban J connectivity index is 2.08. The Bertz CT molecular complexity index is 654. The number of H-pyrrole nitrogens is 1. The molecule has 0 amide bonds. The van der Waals surface area contributed by atoms with Crippen molar-refractivity contribution in [3.63, 3.8) is 0 Å². The molecule has 1 aromatic heterocycles. The van der Waals surface area contributed by atoms with E-state index in [1.54, 1.807) is 4.68 Å². The summed E-state index contributed by atoms with van der Waals surface area (Å²) in [5.74, 6) is 0.482. The number of nitrogens with one attached hydrogen (secondary N) is 1. The first kappa shape index (κ1) is 13.2. The summed E-state index contributed by atoms with van der Waals surface area (Å²) in [4.78, 5) is 12.3. The number of nitrogens with zero attached hydrogens (tertiary/aromatic N) is 1. The molecule has 1 fully saturated rings. The molecule has 100 valence electrons. The summed E-state index contributed by atoms with van der Waals surface area (Å²) in [5, 5.41) is 3.27. The van der Waals surface area contributed by atoms with Crippen LogP contribution in [0.4, 0.5) is 0 Å². The molecule has 1 aliphatic carbocycles. The van der Waals surface area contributed by atoms with Crippen LogP contribution >= 0.6 is 31.9 Å². The summed E-state index contributed by atoms with van der Waals surface area (Å²) >= 11 is 6.89. The normalized spacial score (nSPS) is 16.1. The molecule has 0 radical (unpaired) electrons. The van der Waals surface area contributed by atoms with Crippen molar-refractivity contribution in [2.24, 2.45) is 0 Å². The minimum Gasteiger partial charge on any atom is -0.294 e. The van der Waals surface area contributed by atoms with E-state index in [1.807, 2.05) is 24.3 Å². The quantitative estimate of drug-likeness (QED) is 0.819. The van der Waals surface area contributed by atoms with Gasteiger partial charge >= 0.3 is 0 Å². The van der Waals surface area contributed by atoms with Crippen LogP contribution < -0.4 is 5.56 Å². The van der Waals surface area contributed by atoms with Gasteiger partial charge in [0.25, 0.3) is 5.56 Å². The smallest absolute Gasteiger partial charge is 0.285 e. The maximum atomic E-state index is 12.3. The van der Waals surface area contributed by atoms with E-state index in [2.05, 4.69) is 37.0 Å². The van der Waals surface area contributed by atoms with Crippen molar-refractivity contribution in [3.05, 3.63) is 49.3 Å². The van der Waals surface area contributed by atoms with E-state index in [4.69, 9.17) is 0 Å². The van der Waals surface area contributed by atoms with Crippen LogP contribution in [-0.4, -0.2) is 9.78 Å². The number of hydrogen-bond donors (Lipinski definition) is 1. The van der Waals surface area contributed by atoms with Crippen molar-refractivity contribution in [3.8, 4) is 5.69 Å². The van der Waals surface area contributed by atoms with Crippen LogP contribution in [0.2, 0.25) is 0 Å². The highest BCUT2D eigenvalue weighted by atomic mass is 79.9. The molecule has 19 heavy (non-hydrogen) atoms. The minimum absolute atomic E-state index is 0.0139. The van der Waals surface area contributed by atoms with Gasteiger partial charge in [-0.1, -0.05) is 34.8 Å². The highest BCUT2D eigenvalue weighted by molar-refractivity contribution is 9.10. The van der Waals surface area contributed by atoms with Crippen LogP contribution in [0.5, 0.6) is 0 Å². The lowest BCUT2D eigenvalue weighted by molar-refractivity contribution is 0.675. The van der Waals surface area contributed by atoms with Gasteiger partial charge in [0.2, 0.25) is 0 Å². The Morgan fingerprint density at radius 3 is 2.63 bits per heavy atom. The molecule has 1 saturated carbocycles. The number of rotatable bonds is 2. The van der Waals surface area contributed by atoms with Gasteiger partial charge < -0.3 is 0 Å². The molecule has 3 rings (SSSR count). The van der Waals surface area contributed by atoms with Crippen molar-refractivity contribution in [1.29, 1.82) is 0 Å². The van der Waals surface area contributed by atoms with Gasteiger partial charge in [0.05, 0.1) is 11.4 Å². The van der Waals surface area contributed by atoms with Gasteiger partial charge in [0.15, 0.2) is 0 Å². The molecule has 0 saturated heterocycles. The molecule has 0 atom stereocenters. The van der Waals surface area contributed by atoms with E-state index in [0.717, 1.165) is 28.7 Å². The van der Waals surface area contributed by atoms with E-state index in [1.165, 1.54) is 12.8 Å². The summed E-state index contributed by atoms with van der Waals surface area (Å²) in [5.41, 5.74) is 1.88. The zero-order valence-electron chi connectivity index (χ0n) is 10.3. The van der Waals surface area contributed by atoms with Crippen molar-refractivity contribution in [2.45, 2.75) is 31.6 Å². The molecule has 2 aromatic rings. The minimum atomic E-state index is -0.0139. The van der Waals surface area contributed by atoms with Crippen LogP contribution in [0.1, 0.15) is 37.3 Å². The second-order valence-electron chi connectivity index (χ2n) is 4.94. The van der Waals surface area contributed by atoms with Gasteiger partial charge in [-0.3, -0.25) is 9.89 Å². The third-order valence-electron chi connectivity index (χ3n) is 3.69. The topological polar surface area (TPSA) is 37.8 Å². The van der Waals surface area contributed by atoms with Crippen LogP contribution in [0.15, 0.2) is 38.0 Å². The highest BCUT2D eigenvalue weighted by Gasteiger charge is 2.24. The predicted molar refractivity (Wildman–Crippen MR) is 83.0 cm³/mol. The third-order valence-corrected chi connectivity index (χ3v) is 4.95. The molecular weight excluding hydrogens is 372 g/mol. The Hall–Kier alpha value is -0.810. The van der Waals surface area contributed by atoms with Crippen molar-refractivity contribution in [1.82, 2.24) is 9.78 Å². The summed E-state index contributed by atoms with van der Waals surface area (Å²) < 4.78 is 3.26. The van der Waals surface area contributed by atoms with E-state index in [-0.39, 0.29) is 5.56 Å². The van der Waals surface area contributed by atoms with Gasteiger partial charge in [0.1, 0.15) is 4.47 Å². The van der Waals surface area contributed by atoms with E-state index in [0.29, 0.717) is 10.4 Å². The molecule has 1 aromatic carbocycles. The first-order valence-electron chi connectivity index (χ1n) is 6.43. The molecule has 5 heteroatoms. The van der Waals surface area contributed by atoms with Crippen molar-refractivity contribution < 1.29 is 0 Å². The van der Waals surface area contributed by atoms with Crippen LogP contribution in [0.3, 0.4) is 0 Å². The monoisotopic (exact) mass is 384 g/mol. The Labute approximate surface area is 128 Å². The van der Waals surface area contributed by atoms with Crippen LogP contribution in [0, 0.1) is 0 Å². The van der Waals surface area contributed by atoms with Crippen molar-refractivity contribution in [2.75, 3.05) is 0 Å². The van der Waals surface area contributed by atoms with E-state index >= 15 is 0 Å². The zero-order valence-corrected chi connectivity index (χ0v) is 13.5. The molecule has 0 unspecified atom stereocenters. The Morgan fingerprint density at radius 2 is 1.95 bits per heavy atom. The lowest BCUT2D eigenvalue weighted by Gasteiger charge is -2.07. The molecule has 1 heterocycles. The summed E-state index contributed by atoms with van der Waals surface area (Å²) in [6.07, 6.45) is 4.83. The standard InChI is InChI=1S/C14H14Br2N2O/c15-10-6-3-7-11(8-10)18-14(19)12(16)13(17-18)9-4-1-2-5-9/h3,6-9,17H,1-2,4-5H2. The average molecular weight is 386 g/mol. The lowest BCUT2D eigenvalue weighted by atomic mass is 10.1. The molecule has 0 bridgehead atoms. The van der Waals surface area contributed by atoms with Gasteiger partial charge in [0, 0.05) is 10.4 Å². The van der Waals surface area contributed by atoms with Gasteiger partial charge in [-0.2, -0.15) is 0 Å². The molecule has 0 aliphatic heterocycles. The largest absolute Gasteiger partial charge is 0.294 e. The first-order valence-corrected chi connectivity index (χ1v) is 8.02. The number of aromatic nitrogens is 2. The number of hydrogen-bond acceptors (Lipinski definition) is 1. The SMILES string of the molecule is O=c1c(Br)c(C2CCCC2)[nH]n1-c1cccc(Br)c1. The second kappa shape index (κ2) is 5.29. The second-order valence-corrected chi connectivity index (χ2v) is 6.65. The third kappa shape index (κ3) is 2.46. The average Bonchev–Trinajstić information content (AvgIpc) is 3.00. The first-order chi connectivity index (χ1) is 9.16. The van der Waals surface area contributed by atoms with Crippen LogP contribution in [0.25, 0.3) is 5.69 Å². The molecule has 0 spiro atoms. The maximum absolute atomic E-state index is 12.3. The predicted octanol–water partition coefficient (Wildman–Crippen LogP) is 4.35. The van der Waals surface area contributed by atoms with Gasteiger partial charge in [-0.15, -0.1) is 0 Å². The van der Waals surface area contributed by atoms with Crippen molar-refractivity contribution >= 4 is 31.9 Å². The van der Waals surface area contributed by atoms with Gasteiger partial charge in [-0.25, -0.2) is 4.68 Å². The highest BCUT2D eigenvalue weighted by Crippen LogP contribution is 2.35. The number of halogens is 2. The van der Waals surface area contributed by atoms with Gasteiger partial charge in [-0.05, 0) is 47.0 Å². The summed E-state index contributed by atoms with van der Waals surface area (Å²) in [6.45, 7) is 0. The van der Waals surface area contributed by atoms with E-state index < -0.39 is 0 Å². The number of benzene rings is 1.